The maximum Gasteiger partial charge on any atom is 0.337 e. The van der Waals surface area contributed by atoms with Gasteiger partial charge in [0.05, 0.1) is 41.0 Å². The van der Waals surface area contributed by atoms with E-state index >= 15 is 0 Å². The van der Waals surface area contributed by atoms with E-state index in [-0.39, 0.29) is 16.9 Å². The minimum Gasteiger partial charge on any atom is -0.493 e. The number of rotatable bonds is 12. The summed E-state index contributed by atoms with van der Waals surface area (Å²) >= 11 is 0. The van der Waals surface area contributed by atoms with Crippen molar-refractivity contribution in [3.63, 3.8) is 0 Å². The van der Waals surface area contributed by atoms with Crippen LogP contribution < -0.4 is 19.6 Å². The molecule has 0 atom stereocenters. The third-order valence-electron chi connectivity index (χ3n) is 4.93. The number of nitrogens with zero attached hydrogens (tertiary/aromatic N) is 2. The Morgan fingerprint density at radius 2 is 1.86 bits per heavy atom. The Bertz CT molecular complexity index is 1440. The van der Waals surface area contributed by atoms with Gasteiger partial charge >= 0.3 is 5.97 Å². The summed E-state index contributed by atoms with van der Waals surface area (Å²) in [5.74, 6) is -0.265. The molecule has 3 aromatic carbocycles. The molecule has 0 fully saturated rings. The van der Waals surface area contributed by atoms with Crippen LogP contribution in [0.15, 0.2) is 70.7 Å². The van der Waals surface area contributed by atoms with Crippen LogP contribution in [0.1, 0.15) is 29.3 Å². The van der Waals surface area contributed by atoms with Crippen LogP contribution in [-0.4, -0.2) is 44.3 Å². The maximum atomic E-state index is 12.8. The third kappa shape index (κ3) is 6.73. The number of aromatic carboxylic acids is 1. The molecular weight excluding hydrogens is 504 g/mol. The Hall–Kier alpha value is -4.65. The summed E-state index contributed by atoms with van der Waals surface area (Å²) < 4.78 is 38.7. The van der Waals surface area contributed by atoms with Crippen molar-refractivity contribution in [3.8, 4) is 11.5 Å². The molecule has 0 aliphatic rings. The quantitative estimate of drug-likeness (QED) is 0.176. The lowest BCUT2D eigenvalue weighted by atomic mass is 10.2. The number of hydrazone groups is 1. The average molecular weight is 529 g/mol. The molecule has 3 rings (SSSR count). The van der Waals surface area contributed by atoms with Gasteiger partial charge in [-0.05, 0) is 54.4 Å². The van der Waals surface area contributed by atoms with E-state index in [0.717, 1.165) is 18.6 Å². The molecule has 0 saturated carbocycles. The molecule has 37 heavy (non-hydrogen) atoms. The van der Waals surface area contributed by atoms with Crippen molar-refractivity contribution in [2.75, 3.05) is 23.9 Å². The Balaban J connectivity index is 1.82. The van der Waals surface area contributed by atoms with Crippen LogP contribution in [-0.2, 0) is 10.0 Å². The lowest BCUT2D eigenvalue weighted by molar-refractivity contribution is -0.384. The van der Waals surface area contributed by atoms with Gasteiger partial charge in [-0.1, -0.05) is 19.1 Å². The first-order valence-corrected chi connectivity index (χ1v) is 12.4. The molecule has 0 aliphatic carbocycles. The number of nitrogens with one attached hydrogen (secondary N) is 2. The number of nitro groups is 1. The molecule has 3 N–H and O–H groups in total. The maximum absolute atomic E-state index is 12.8. The van der Waals surface area contributed by atoms with Crippen molar-refractivity contribution in [1.82, 2.24) is 0 Å². The van der Waals surface area contributed by atoms with Crippen LogP contribution in [0.5, 0.6) is 11.5 Å². The highest BCUT2D eigenvalue weighted by Gasteiger charge is 2.23. The number of benzene rings is 3. The molecular formula is C24H24N4O8S. The fourth-order valence-electron chi connectivity index (χ4n) is 3.16. The van der Waals surface area contributed by atoms with Crippen LogP contribution >= 0.6 is 0 Å². The number of para-hydroxylation sites is 1. The number of carboxylic acid groups (broad SMARTS) is 1. The van der Waals surface area contributed by atoms with E-state index in [1.807, 2.05) is 6.92 Å². The van der Waals surface area contributed by atoms with Gasteiger partial charge in [0.15, 0.2) is 11.5 Å². The standard InChI is InChI=1S/C24H24N4O8S/c1-3-12-36-22-11-8-16(13-23(22)35-2)15-25-26-20-10-9-17(14-21(20)28(31)32)37(33,34)27-19-7-5-4-6-18(19)24(29)30/h4-11,13-15,26-27H,3,12H2,1-2H3,(H,29,30)/b25-15+. The monoisotopic (exact) mass is 528 g/mol. The average Bonchev–Trinajstić information content (AvgIpc) is 2.87. The third-order valence-corrected chi connectivity index (χ3v) is 6.29. The number of anilines is 2. The molecule has 0 bridgehead atoms. The molecule has 12 nitrogen and oxygen atoms in total. The van der Waals surface area contributed by atoms with E-state index in [9.17, 15) is 28.4 Å². The SMILES string of the molecule is CCCOc1ccc(/C=N/Nc2ccc(S(=O)(=O)Nc3ccccc3C(=O)O)cc2[N+](=O)[O-])cc1OC. The summed E-state index contributed by atoms with van der Waals surface area (Å²) in [5, 5.41) is 24.9. The van der Waals surface area contributed by atoms with Gasteiger partial charge in [-0.2, -0.15) is 5.10 Å². The molecule has 0 aromatic heterocycles. The lowest BCUT2D eigenvalue weighted by Crippen LogP contribution is -2.16. The Labute approximate surface area is 212 Å². The van der Waals surface area contributed by atoms with Crippen LogP contribution in [0.25, 0.3) is 0 Å². The topological polar surface area (TPSA) is 169 Å². The molecule has 0 saturated heterocycles. The van der Waals surface area contributed by atoms with Crippen molar-refractivity contribution >= 4 is 39.3 Å². The van der Waals surface area contributed by atoms with Gasteiger partial charge in [0.2, 0.25) is 0 Å². The zero-order valence-electron chi connectivity index (χ0n) is 19.9. The van der Waals surface area contributed by atoms with Crippen molar-refractivity contribution in [2.45, 2.75) is 18.2 Å². The van der Waals surface area contributed by atoms with Crippen molar-refractivity contribution in [2.24, 2.45) is 5.10 Å². The predicted molar refractivity (Wildman–Crippen MR) is 137 cm³/mol. The van der Waals surface area contributed by atoms with Gasteiger partial charge < -0.3 is 14.6 Å². The zero-order valence-corrected chi connectivity index (χ0v) is 20.7. The van der Waals surface area contributed by atoms with E-state index in [4.69, 9.17) is 9.47 Å². The van der Waals surface area contributed by atoms with Crippen LogP contribution in [0.2, 0.25) is 0 Å². The number of methoxy groups -OCH3 is 1. The summed E-state index contributed by atoms with van der Waals surface area (Å²) in [6.45, 7) is 2.51. The molecule has 0 amide bonds. The molecule has 194 valence electrons. The summed E-state index contributed by atoms with van der Waals surface area (Å²) in [6, 6.07) is 13.7. The summed E-state index contributed by atoms with van der Waals surface area (Å²) in [4.78, 5) is 21.8. The van der Waals surface area contributed by atoms with Crippen LogP contribution in [0, 0.1) is 10.1 Å². The first-order valence-electron chi connectivity index (χ1n) is 10.9. The summed E-state index contributed by atoms with van der Waals surface area (Å²) in [7, 11) is -2.83. The van der Waals surface area contributed by atoms with Gasteiger partial charge in [-0.25, -0.2) is 13.2 Å². The molecule has 13 heteroatoms. The molecule has 0 spiro atoms. The molecule has 0 unspecified atom stereocenters. The van der Waals surface area contributed by atoms with Gasteiger partial charge in [0.1, 0.15) is 5.69 Å². The van der Waals surface area contributed by atoms with E-state index in [1.165, 1.54) is 43.7 Å². The minimum absolute atomic E-state index is 0.0546. The van der Waals surface area contributed by atoms with Crippen LogP contribution in [0.3, 0.4) is 0 Å². The highest BCUT2D eigenvalue weighted by molar-refractivity contribution is 7.92. The Morgan fingerprint density at radius 3 is 2.54 bits per heavy atom. The Morgan fingerprint density at radius 1 is 1.11 bits per heavy atom. The predicted octanol–water partition coefficient (Wildman–Crippen LogP) is 4.34. The molecule has 0 aliphatic heterocycles. The second-order valence-corrected chi connectivity index (χ2v) is 9.20. The smallest absolute Gasteiger partial charge is 0.337 e. The van der Waals surface area contributed by atoms with Gasteiger partial charge in [-0.15, -0.1) is 0 Å². The van der Waals surface area contributed by atoms with E-state index in [1.54, 1.807) is 18.2 Å². The van der Waals surface area contributed by atoms with Gasteiger partial charge in [0, 0.05) is 6.07 Å². The van der Waals surface area contributed by atoms with Gasteiger partial charge in [0.25, 0.3) is 15.7 Å². The molecule has 0 radical (unpaired) electrons. The number of sulfonamides is 1. The van der Waals surface area contributed by atoms with E-state index in [2.05, 4.69) is 15.2 Å². The van der Waals surface area contributed by atoms with Crippen molar-refractivity contribution in [1.29, 1.82) is 0 Å². The number of nitro benzene ring substituents is 1. The van der Waals surface area contributed by atoms with Crippen molar-refractivity contribution < 1.29 is 32.7 Å². The molecule has 3 aromatic rings. The second-order valence-electron chi connectivity index (χ2n) is 7.52. The lowest BCUT2D eigenvalue weighted by Gasteiger charge is -2.11. The first kappa shape index (κ1) is 26.9. The highest BCUT2D eigenvalue weighted by atomic mass is 32.2. The first-order chi connectivity index (χ1) is 17.7. The molecule has 0 heterocycles. The minimum atomic E-state index is -4.33. The number of hydrogen-bond donors (Lipinski definition) is 3. The largest absolute Gasteiger partial charge is 0.493 e. The number of carboxylic acids is 1. The van der Waals surface area contributed by atoms with Crippen molar-refractivity contribution in [3.05, 3.63) is 81.9 Å². The number of ether oxygens (including phenoxy) is 2. The number of carbonyl (C=O) groups is 1. The Kier molecular flexibility index (Phi) is 8.64. The van der Waals surface area contributed by atoms with Gasteiger partial charge in [-0.3, -0.25) is 20.3 Å². The fraction of sp³-hybridized carbons (Fsp3) is 0.167. The fourth-order valence-corrected chi connectivity index (χ4v) is 4.26. The summed E-state index contributed by atoms with van der Waals surface area (Å²) in [6.07, 6.45) is 2.24. The zero-order chi connectivity index (χ0) is 27.0. The summed E-state index contributed by atoms with van der Waals surface area (Å²) in [5.41, 5.74) is 2.12. The second kappa shape index (κ2) is 11.9. The van der Waals surface area contributed by atoms with E-state index in [0.29, 0.717) is 23.7 Å². The van der Waals surface area contributed by atoms with E-state index < -0.39 is 31.5 Å². The number of hydrogen-bond acceptors (Lipinski definition) is 9. The normalized spacial score (nSPS) is 11.2. The highest BCUT2D eigenvalue weighted by Crippen LogP contribution is 2.30. The van der Waals surface area contributed by atoms with Crippen LogP contribution in [0.4, 0.5) is 17.1 Å².